The van der Waals surface area contributed by atoms with Gasteiger partial charge in [-0.05, 0) is 50.8 Å². The van der Waals surface area contributed by atoms with Gasteiger partial charge in [-0.2, -0.15) is 5.10 Å². The number of anilines is 1. The first-order chi connectivity index (χ1) is 16.1. The highest BCUT2D eigenvalue weighted by Gasteiger charge is 2.23. The van der Waals surface area contributed by atoms with Crippen LogP contribution < -0.4 is 10.6 Å². The fraction of sp³-hybridized carbons (Fsp3) is 0.500. The quantitative estimate of drug-likeness (QED) is 0.577. The van der Waals surface area contributed by atoms with Gasteiger partial charge in [0.15, 0.2) is 0 Å². The molecule has 4 heterocycles. The van der Waals surface area contributed by atoms with Gasteiger partial charge in [-0.1, -0.05) is 19.3 Å². The van der Waals surface area contributed by atoms with Gasteiger partial charge < -0.3 is 15.4 Å². The van der Waals surface area contributed by atoms with Crippen molar-refractivity contribution < 1.29 is 14.3 Å². The summed E-state index contributed by atoms with van der Waals surface area (Å²) in [6.07, 6.45) is 9.02. The van der Waals surface area contributed by atoms with Crippen molar-refractivity contribution in [2.75, 3.05) is 18.5 Å². The van der Waals surface area contributed by atoms with Gasteiger partial charge >= 0.3 is 0 Å². The summed E-state index contributed by atoms with van der Waals surface area (Å²) in [4.78, 5) is 31.3. The molecule has 174 valence electrons. The van der Waals surface area contributed by atoms with Gasteiger partial charge in [0.2, 0.25) is 0 Å². The van der Waals surface area contributed by atoms with E-state index in [9.17, 15) is 9.59 Å². The molecule has 0 atom stereocenters. The van der Waals surface area contributed by atoms with Crippen LogP contribution in [0.25, 0.3) is 10.2 Å². The minimum atomic E-state index is -0.185. The predicted octanol–water partition coefficient (Wildman–Crippen LogP) is 4.47. The Hall–Kier alpha value is -2.78. The van der Waals surface area contributed by atoms with E-state index in [4.69, 9.17) is 9.84 Å². The van der Waals surface area contributed by atoms with Crippen LogP contribution in [-0.2, 0) is 4.74 Å². The van der Waals surface area contributed by atoms with Crippen LogP contribution in [0.3, 0.4) is 0 Å². The van der Waals surface area contributed by atoms with Crippen molar-refractivity contribution in [3.63, 3.8) is 0 Å². The lowest BCUT2D eigenvalue weighted by Crippen LogP contribution is -2.36. The molecule has 33 heavy (non-hydrogen) atoms. The summed E-state index contributed by atoms with van der Waals surface area (Å²) in [5.41, 5.74) is 1.86. The lowest BCUT2D eigenvalue weighted by Gasteiger charge is -2.22. The minimum Gasteiger partial charge on any atom is -0.381 e. The van der Waals surface area contributed by atoms with Gasteiger partial charge in [-0.3, -0.25) is 14.3 Å². The van der Waals surface area contributed by atoms with Gasteiger partial charge in [0.25, 0.3) is 11.8 Å². The predicted molar refractivity (Wildman–Crippen MR) is 128 cm³/mol. The summed E-state index contributed by atoms with van der Waals surface area (Å²) in [6.45, 7) is 3.46. The molecular weight excluding hydrogens is 438 g/mol. The van der Waals surface area contributed by atoms with Crippen LogP contribution in [0, 0.1) is 6.92 Å². The Labute approximate surface area is 196 Å². The topological polar surface area (TPSA) is 98.1 Å². The second-order valence-electron chi connectivity index (χ2n) is 8.90. The summed E-state index contributed by atoms with van der Waals surface area (Å²) in [5.74, 6) is -0.340. The Morgan fingerprint density at radius 1 is 1.09 bits per heavy atom. The highest BCUT2D eigenvalue weighted by molar-refractivity contribution is 7.20. The van der Waals surface area contributed by atoms with E-state index < -0.39 is 0 Å². The van der Waals surface area contributed by atoms with Crippen LogP contribution in [0.2, 0.25) is 0 Å². The summed E-state index contributed by atoms with van der Waals surface area (Å²) in [7, 11) is 0. The van der Waals surface area contributed by atoms with E-state index in [2.05, 4.69) is 20.3 Å². The summed E-state index contributed by atoms with van der Waals surface area (Å²) in [6, 6.07) is 5.84. The first-order valence-corrected chi connectivity index (χ1v) is 12.5. The van der Waals surface area contributed by atoms with Gasteiger partial charge in [-0.15, -0.1) is 11.3 Å². The minimum absolute atomic E-state index is 0.155. The van der Waals surface area contributed by atoms with E-state index in [0.29, 0.717) is 22.3 Å². The standard InChI is InChI=1S/C24H29N5O3S/c1-15-19-13-21(33-24(19)29(28-15)18-9-11-32-12-10-18)23(31)27-17-7-8-20(25-14-17)22(30)26-16-5-3-2-4-6-16/h7-8,13-14,16,18H,2-6,9-12H2,1H3,(H,26,30)(H,27,31). The molecule has 1 saturated carbocycles. The van der Waals surface area contributed by atoms with Crippen molar-refractivity contribution in [3.8, 4) is 0 Å². The highest BCUT2D eigenvalue weighted by atomic mass is 32.1. The zero-order valence-corrected chi connectivity index (χ0v) is 19.6. The fourth-order valence-corrected chi connectivity index (χ4v) is 5.79. The van der Waals surface area contributed by atoms with E-state index >= 15 is 0 Å². The molecule has 1 aliphatic heterocycles. The summed E-state index contributed by atoms with van der Waals surface area (Å²) in [5, 5.41) is 11.7. The molecule has 2 aliphatic rings. The molecule has 3 aromatic rings. The van der Waals surface area contributed by atoms with E-state index in [0.717, 1.165) is 67.6 Å². The number of carbonyl (C=O) groups is 2. The Morgan fingerprint density at radius 3 is 2.61 bits per heavy atom. The van der Waals surface area contributed by atoms with Gasteiger partial charge in [0.1, 0.15) is 10.5 Å². The number of thiophene rings is 1. The largest absolute Gasteiger partial charge is 0.381 e. The highest BCUT2D eigenvalue weighted by Crippen LogP contribution is 2.33. The van der Waals surface area contributed by atoms with Crippen LogP contribution in [0.1, 0.15) is 76.8 Å². The van der Waals surface area contributed by atoms with Gasteiger partial charge in [-0.25, -0.2) is 4.98 Å². The number of hydrogen-bond acceptors (Lipinski definition) is 6. The number of hydrogen-bond donors (Lipinski definition) is 2. The van der Waals surface area contributed by atoms with E-state index in [1.54, 1.807) is 12.1 Å². The normalized spacial score (nSPS) is 17.8. The van der Waals surface area contributed by atoms with Crippen LogP contribution >= 0.6 is 11.3 Å². The van der Waals surface area contributed by atoms with Crippen molar-refractivity contribution in [2.45, 2.75) is 64.0 Å². The molecule has 2 fully saturated rings. The number of aryl methyl sites for hydroxylation is 1. The van der Waals surface area contributed by atoms with Crippen LogP contribution in [-0.4, -0.2) is 45.8 Å². The second kappa shape index (κ2) is 9.61. The molecule has 0 spiro atoms. The molecule has 0 bridgehead atoms. The van der Waals surface area contributed by atoms with Crippen molar-refractivity contribution in [1.82, 2.24) is 20.1 Å². The first-order valence-electron chi connectivity index (χ1n) is 11.7. The first kappa shape index (κ1) is 22.0. The van der Waals surface area contributed by atoms with Crippen molar-refractivity contribution >= 4 is 39.1 Å². The molecule has 1 saturated heterocycles. The number of pyridine rings is 1. The number of rotatable bonds is 5. The molecular formula is C24H29N5O3S. The third-order valence-corrected chi connectivity index (χ3v) is 7.65. The number of amides is 2. The van der Waals surface area contributed by atoms with Crippen LogP contribution in [0.4, 0.5) is 5.69 Å². The molecule has 0 aromatic carbocycles. The fourth-order valence-electron chi connectivity index (χ4n) is 4.66. The maximum atomic E-state index is 12.9. The lowest BCUT2D eigenvalue weighted by molar-refractivity contribution is 0.0675. The lowest BCUT2D eigenvalue weighted by atomic mass is 9.95. The number of carbonyl (C=O) groups excluding carboxylic acids is 2. The molecule has 0 radical (unpaired) electrons. The van der Waals surface area contributed by atoms with Crippen molar-refractivity contribution in [3.05, 3.63) is 40.7 Å². The zero-order valence-electron chi connectivity index (χ0n) is 18.8. The SMILES string of the molecule is Cc1nn(C2CCOCC2)c2sc(C(=O)Nc3ccc(C(=O)NC4CCCCC4)nc3)cc12. The Kier molecular flexibility index (Phi) is 6.41. The Balaban J connectivity index is 1.26. The van der Waals surface area contributed by atoms with Crippen molar-refractivity contribution in [2.24, 2.45) is 0 Å². The molecule has 8 nitrogen and oxygen atoms in total. The van der Waals surface area contributed by atoms with E-state index in [1.807, 2.05) is 13.0 Å². The zero-order chi connectivity index (χ0) is 22.8. The number of aromatic nitrogens is 3. The third-order valence-electron chi connectivity index (χ3n) is 6.52. The van der Waals surface area contributed by atoms with Crippen molar-refractivity contribution in [1.29, 1.82) is 0 Å². The molecule has 3 aromatic heterocycles. The van der Waals surface area contributed by atoms with Crippen LogP contribution in [0.5, 0.6) is 0 Å². The van der Waals surface area contributed by atoms with Gasteiger partial charge in [0.05, 0.1) is 28.5 Å². The summed E-state index contributed by atoms with van der Waals surface area (Å²) < 4.78 is 7.54. The monoisotopic (exact) mass is 467 g/mol. The number of fused-ring (bicyclic) bond motifs is 1. The maximum Gasteiger partial charge on any atom is 0.270 e. The number of ether oxygens (including phenoxy) is 1. The summed E-state index contributed by atoms with van der Waals surface area (Å²) >= 11 is 1.46. The molecule has 2 amide bonds. The van der Waals surface area contributed by atoms with E-state index in [1.165, 1.54) is 24.0 Å². The second-order valence-corrected chi connectivity index (χ2v) is 9.93. The molecule has 2 N–H and O–H groups in total. The molecule has 5 rings (SSSR count). The molecule has 9 heteroatoms. The average molecular weight is 468 g/mol. The van der Waals surface area contributed by atoms with Gasteiger partial charge in [0, 0.05) is 24.6 Å². The smallest absolute Gasteiger partial charge is 0.270 e. The molecule has 1 aliphatic carbocycles. The number of nitrogens with one attached hydrogen (secondary N) is 2. The average Bonchev–Trinajstić information content (AvgIpc) is 3.41. The molecule has 0 unspecified atom stereocenters. The van der Waals surface area contributed by atoms with E-state index in [-0.39, 0.29) is 17.9 Å². The number of nitrogens with zero attached hydrogens (tertiary/aromatic N) is 3. The Morgan fingerprint density at radius 2 is 1.88 bits per heavy atom. The Bertz CT molecular complexity index is 1140. The van der Waals surface area contributed by atoms with Crippen LogP contribution in [0.15, 0.2) is 24.4 Å². The maximum absolute atomic E-state index is 12.9. The third kappa shape index (κ3) is 4.79.